The van der Waals surface area contributed by atoms with E-state index in [9.17, 15) is 14.9 Å². The lowest BCUT2D eigenvalue weighted by atomic mass is 9.78. The molecule has 0 radical (unpaired) electrons. The van der Waals surface area contributed by atoms with Gasteiger partial charge in [0, 0.05) is 25.7 Å². The number of hydrogen-bond donors (Lipinski definition) is 1. The number of rotatable bonds is 4. The number of carbonyl (C=O) groups excluding carboxylic acids is 1. The molecule has 0 aliphatic carbocycles. The molecule has 0 atom stereocenters. The molecular weight excluding hydrogens is 326 g/mol. The van der Waals surface area contributed by atoms with E-state index in [0.717, 1.165) is 32.4 Å². The van der Waals surface area contributed by atoms with E-state index in [2.05, 4.69) is 5.32 Å². The molecule has 1 aromatic rings. The number of hydrogen-bond acceptors (Lipinski definition) is 6. The third kappa shape index (κ3) is 3.26. The Labute approximate surface area is 146 Å². The molecule has 0 bridgehead atoms. The minimum absolute atomic E-state index is 0.0446. The maximum atomic E-state index is 12.9. The van der Waals surface area contributed by atoms with Crippen LogP contribution in [0.15, 0.2) is 12.1 Å². The molecule has 136 valence electrons. The summed E-state index contributed by atoms with van der Waals surface area (Å²) in [5.74, 6) is 0.221. The highest BCUT2D eigenvalue weighted by Gasteiger charge is 2.39. The van der Waals surface area contributed by atoms with Crippen molar-refractivity contribution in [1.82, 2.24) is 10.2 Å². The molecule has 8 nitrogen and oxygen atoms in total. The van der Waals surface area contributed by atoms with Crippen molar-refractivity contribution in [3.8, 4) is 11.5 Å². The Kier molecular flexibility index (Phi) is 4.80. The molecule has 1 aromatic carbocycles. The fourth-order valence-electron chi connectivity index (χ4n) is 3.77. The summed E-state index contributed by atoms with van der Waals surface area (Å²) in [4.78, 5) is 25.5. The van der Waals surface area contributed by atoms with Gasteiger partial charge in [0.1, 0.15) is 5.56 Å². The summed E-state index contributed by atoms with van der Waals surface area (Å²) < 4.78 is 10.3. The SMILES string of the molecule is COc1cc(C(=O)N2CCC3(CCNC3)CC2)c([N+](=O)[O-])cc1OC. The average molecular weight is 349 g/mol. The minimum Gasteiger partial charge on any atom is -0.493 e. The van der Waals surface area contributed by atoms with E-state index < -0.39 is 4.92 Å². The minimum atomic E-state index is -0.554. The van der Waals surface area contributed by atoms with Crippen molar-refractivity contribution in [3.05, 3.63) is 27.8 Å². The Morgan fingerprint density at radius 3 is 2.36 bits per heavy atom. The predicted molar refractivity (Wildman–Crippen MR) is 91.3 cm³/mol. The largest absolute Gasteiger partial charge is 0.493 e. The zero-order valence-corrected chi connectivity index (χ0v) is 14.5. The standard InChI is InChI=1S/C17H23N3O5/c1-24-14-9-12(13(20(22)23)10-15(14)25-2)16(21)19-7-4-17(5-8-19)3-6-18-11-17/h9-10,18H,3-8,11H2,1-2H3. The van der Waals surface area contributed by atoms with Crippen molar-refractivity contribution < 1.29 is 19.2 Å². The molecule has 2 heterocycles. The van der Waals surface area contributed by atoms with Crippen LogP contribution < -0.4 is 14.8 Å². The molecule has 2 fully saturated rings. The Morgan fingerprint density at radius 2 is 1.84 bits per heavy atom. The molecule has 2 aliphatic rings. The first kappa shape index (κ1) is 17.5. The second kappa shape index (κ2) is 6.87. The Morgan fingerprint density at radius 1 is 1.20 bits per heavy atom. The zero-order valence-electron chi connectivity index (χ0n) is 14.5. The average Bonchev–Trinajstić information content (AvgIpc) is 3.08. The summed E-state index contributed by atoms with van der Waals surface area (Å²) in [7, 11) is 2.85. The van der Waals surface area contributed by atoms with Crippen LogP contribution in [0.25, 0.3) is 0 Å². The predicted octanol–water partition coefficient (Wildman–Crippen LogP) is 1.83. The number of nitro benzene ring substituents is 1. The fourth-order valence-corrected chi connectivity index (χ4v) is 3.77. The Balaban J connectivity index is 1.85. The van der Waals surface area contributed by atoms with E-state index in [1.54, 1.807) is 4.90 Å². The van der Waals surface area contributed by atoms with Gasteiger partial charge in [0.05, 0.1) is 25.2 Å². The highest BCUT2D eigenvalue weighted by atomic mass is 16.6. The Bertz CT molecular complexity index is 675. The monoisotopic (exact) mass is 349 g/mol. The summed E-state index contributed by atoms with van der Waals surface area (Å²) in [5.41, 5.74) is 0.0638. The Hall–Kier alpha value is -2.35. The lowest BCUT2D eigenvalue weighted by Crippen LogP contribution is -2.44. The summed E-state index contributed by atoms with van der Waals surface area (Å²) in [6.45, 7) is 3.25. The number of carbonyl (C=O) groups is 1. The van der Waals surface area contributed by atoms with Gasteiger partial charge in [-0.25, -0.2) is 0 Å². The molecule has 25 heavy (non-hydrogen) atoms. The van der Waals surface area contributed by atoms with E-state index in [4.69, 9.17) is 9.47 Å². The van der Waals surface area contributed by atoms with Gasteiger partial charge in [0.2, 0.25) is 0 Å². The van der Waals surface area contributed by atoms with E-state index in [0.29, 0.717) is 18.8 Å². The highest BCUT2D eigenvalue weighted by molar-refractivity contribution is 5.99. The van der Waals surface area contributed by atoms with E-state index in [-0.39, 0.29) is 28.3 Å². The third-order valence-corrected chi connectivity index (χ3v) is 5.37. The van der Waals surface area contributed by atoms with Crippen LogP contribution in [0.1, 0.15) is 29.6 Å². The van der Waals surface area contributed by atoms with Crippen LogP contribution in [-0.4, -0.2) is 56.1 Å². The first-order valence-corrected chi connectivity index (χ1v) is 8.40. The summed E-state index contributed by atoms with van der Waals surface area (Å²) in [6.07, 6.45) is 2.98. The van der Waals surface area contributed by atoms with Gasteiger partial charge in [-0.05, 0) is 31.2 Å². The van der Waals surface area contributed by atoms with Crippen molar-refractivity contribution in [2.75, 3.05) is 40.4 Å². The second-order valence-electron chi connectivity index (χ2n) is 6.70. The maximum absolute atomic E-state index is 12.9. The molecule has 1 amide bonds. The summed E-state index contributed by atoms with van der Waals surface area (Å²) >= 11 is 0. The van der Waals surface area contributed by atoms with Crippen molar-refractivity contribution in [2.24, 2.45) is 5.41 Å². The molecule has 1 spiro atoms. The van der Waals surface area contributed by atoms with Crippen LogP contribution in [0.5, 0.6) is 11.5 Å². The quantitative estimate of drug-likeness (QED) is 0.658. The van der Waals surface area contributed by atoms with E-state index in [1.165, 1.54) is 26.4 Å². The van der Waals surface area contributed by atoms with Gasteiger partial charge in [-0.1, -0.05) is 0 Å². The molecular formula is C17H23N3O5. The number of ether oxygens (including phenoxy) is 2. The highest BCUT2D eigenvalue weighted by Crippen LogP contribution is 2.39. The number of nitro groups is 1. The van der Waals surface area contributed by atoms with E-state index in [1.807, 2.05) is 0 Å². The van der Waals surface area contributed by atoms with Crippen LogP contribution in [0.4, 0.5) is 5.69 Å². The lowest BCUT2D eigenvalue weighted by Gasteiger charge is -2.38. The van der Waals surface area contributed by atoms with Crippen molar-refractivity contribution >= 4 is 11.6 Å². The number of benzene rings is 1. The van der Waals surface area contributed by atoms with Gasteiger partial charge in [-0.3, -0.25) is 14.9 Å². The van der Waals surface area contributed by atoms with Gasteiger partial charge < -0.3 is 19.7 Å². The number of piperidine rings is 1. The van der Waals surface area contributed by atoms with Crippen molar-refractivity contribution in [2.45, 2.75) is 19.3 Å². The summed E-state index contributed by atoms with van der Waals surface area (Å²) in [6, 6.07) is 2.65. The number of amides is 1. The lowest BCUT2D eigenvalue weighted by molar-refractivity contribution is -0.385. The van der Waals surface area contributed by atoms with Gasteiger partial charge >= 0.3 is 0 Å². The third-order valence-electron chi connectivity index (χ3n) is 5.37. The van der Waals surface area contributed by atoms with Gasteiger partial charge in [0.15, 0.2) is 11.5 Å². The number of likely N-dealkylation sites (tertiary alicyclic amines) is 1. The number of nitrogens with zero attached hydrogens (tertiary/aromatic N) is 2. The smallest absolute Gasteiger partial charge is 0.286 e. The van der Waals surface area contributed by atoms with Crippen LogP contribution in [0, 0.1) is 15.5 Å². The molecule has 0 saturated carbocycles. The maximum Gasteiger partial charge on any atom is 0.286 e. The molecule has 0 aromatic heterocycles. The van der Waals surface area contributed by atoms with Crippen LogP contribution >= 0.6 is 0 Å². The van der Waals surface area contributed by atoms with E-state index >= 15 is 0 Å². The number of nitrogens with one attached hydrogen (secondary N) is 1. The first-order valence-electron chi connectivity index (χ1n) is 8.40. The molecule has 3 rings (SSSR count). The zero-order chi connectivity index (χ0) is 18.0. The van der Waals surface area contributed by atoms with Crippen LogP contribution in [-0.2, 0) is 0 Å². The van der Waals surface area contributed by atoms with Crippen LogP contribution in [0.2, 0.25) is 0 Å². The van der Waals surface area contributed by atoms with Crippen molar-refractivity contribution in [1.29, 1.82) is 0 Å². The molecule has 8 heteroatoms. The first-order chi connectivity index (χ1) is 12.0. The van der Waals surface area contributed by atoms with Crippen molar-refractivity contribution in [3.63, 3.8) is 0 Å². The normalized spacial score (nSPS) is 19.0. The van der Waals surface area contributed by atoms with Gasteiger partial charge in [-0.15, -0.1) is 0 Å². The molecule has 2 saturated heterocycles. The second-order valence-corrected chi connectivity index (χ2v) is 6.70. The molecule has 1 N–H and O–H groups in total. The summed E-state index contributed by atoms with van der Waals surface area (Å²) in [5, 5.41) is 14.8. The molecule has 2 aliphatic heterocycles. The molecule has 0 unspecified atom stereocenters. The fraction of sp³-hybridized carbons (Fsp3) is 0.588. The van der Waals surface area contributed by atoms with Gasteiger partial charge in [0.25, 0.3) is 11.6 Å². The van der Waals surface area contributed by atoms with Gasteiger partial charge in [-0.2, -0.15) is 0 Å². The number of methoxy groups -OCH3 is 2. The van der Waals surface area contributed by atoms with Crippen LogP contribution in [0.3, 0.4) is 0 Å². The topological polar surface area (TPSA) is 93.9 Å².